The first-order chi connectivity index (χ1) is 12.1. The lowest BCUT2D eigenvalue weighted by molar-refractivity contribution is 0.102. The van der Waals surface area contributed by atoms with Crippen LogP contribution >= 0.6 is 11.6 Å². The van der Waals surface area contributed by atoms with Gasteiger partial charge in [-0.3, -0.25) is 4.79 Å². The summed E-state index contributed by atoms with van der Waals surface area (Å²) >= 11 is 5.87. The second kappa shape index (κ2) is 7.23. The Balaban J connectivity index is 1.78. The van der Waals surface area contributed by atoms with E-state index in [-0.39, 0.29) is 11.5 Å². The summed E-state index contributed by atoms with van der Waals surface area (Å²) in [7, 11) is 1.53. The van der Waals surface area contributed by atoms with Crippen molar-refractivity contribution in [2.45, 2.75) is 6.54 Å². The Labute approximate surface area is 149 Å². The number of nitrogen functional groups attached to an aromatic ring is 1. The van der Waals surface area contributed by atoms with Crippen molar-refractivity contribution in [3.63, 3.8) is 0 Å². The van der Waals surface area contributed by atoms with Crippen molar-refractivity contribution < 1.29 is 9.53 Å². The number of nitrogens with one attached hydrogen (secondary N) is 1. The molecule has 0 unspecified atom stereocenters. The number of carbonyl (C=O) groups is 1. The molecular formula is C17H16ClN5O2. The molecule has 3 N–H and O–H groups in total. The molecule has 0 spiro atoms. The summed E-state index contributed by atoms with van der Waals surface area (Å²) in [5.41, 5.74) is 7.55. The summed E-state index contributed by atoms with van der Waals surface area (Å²) < 4.78 is 6.67. The molecule has 1 aromatic heterocycles. The van der Waals surface area contributed by atoms with Crippen LogP contribution in [0.5, 0.6) is 5.75 Å². The summed E-state index contributed by atoms with van der Waals surface area (Å²) in [6.07, 6.45) is 0. The van der Waals surface area contributed by atoms with Crippen molar-refractivity contribution in [2.24, 2.45) is 0 Å². The average Bonchev–Trinajstić information content (AvgIpc) is 2.98. The highest BCUT2D eigenvalue weighted by Gasteiger charge is 2.19. The standard InChI is InChI=1S/C17H16ClN5O2/c1-25-14-5-3-2-4-13(14)20-17(24)15-16(19)23(22-21-15)10-11-6-8-12(18)9-7-11/h2-9H,10,19H2,1H3,(H,20,24). The molecule has 0 fully saturated rings. The predicted molar refractivity (Wildman–Crippen MR) is 95.9 cm³/mol. The number of nitrogens with zero attached hydrogens (tertiary/aromatic N) is 3. The molecule has 0 saturated carbocycles. The number of hydrogen-bond donors (Lipinski definition) is 2. The van der Waals surface area contributed by atoms with Gasteiger partial charge >= 0.3 is 0 Å². The Bertz CT molecular complexity index is 892. The fourth-order valence-corrected chi connectivity index (χ4v) is 2.42. The van der Waals surface area contributed by atoms with Crippen LogP contribution in [0.15, 0.2) is 48.5 Å². The molecule has 0 aliphatic carbocycles. The van der Waals surface area contributed by atoms with Gasteiger partial charge in [0.1, 0.15) is 5.75 Å². The van der Waals surface area contributed by atoms with E-state index in [0.29, 0.717) is 23.0 Å². The Morgan fingerprint density at radius 3 is 2.68 bits per heavy atom. The summed E-state index contributed by atoms with van der Waals surface area (Å²) in [6, 6.07) is 14.3. The van der Waals surface area contributed by atoms with E-state index in [4.69, 9.17) is 22.1 Å². The van der Waals surface area contributed by atoms with Crippen LogP contribution in [0.4, 0.5) is 11.5 Å². The Kier molecular flexibility index (Phi) is 4.85. The molecule has 1 amide bonds. The number of rotatable bonds is 5. The number of aromatic nitrogens is 3. The normalized spacial score (nSPS) is 10.5. The highest BCUT2D eigenvalue weighted by atomic mass is 35.5. The minimum atomic E-state index is -0.454. The number of amides is 1. The first kappa shape index (κ1) is 16.8. The third-order valence-electron chi connectivity index (χ3n) is 3.59. The zero-order chi connectivity index (χ0) is 17.8. The van der Waals surface area contributed by atoms with E-state index >= 15 is 0 Å². The second-order valence-electron chi connectivity index (χ2n) is 5.26. The molecule has 0 aliphatic heterocycles. The van der Waals surface area contributed by atoms with Gasteiger partial charge in [-0.2, -0.15) is 0 Å². The van der Waals surface area contributed by atoms with Crippen molar-refractivity contribution in [1.29, 1.82) is 0 Å². The largest absolute Gasteiger partial charge is 0.495 e. The average molecular weight is 358 g/mol. The van der Waals surface area contributed by atoms with Crippen LogP contribution in [0.1, 0.15) is 16.1 Å². The quantitative estimate of drug-likeness (QED) is 0.732. The van der Waals surface area contributed by atoms with E-state index in [9.17, 15) is 4.79 Å². The van der Waals surface area contributed by atoms with E-state index in [2.05, 4.69) is 15.6 Å². The molecule has 0 radical (unpaired) electrons. The molecule has 8 heteroatoms. The number of ether oxygens (including phenoxy) is 1. The van der Waals surface area contributed by atoms with Gasteiger partial charge in [-0.1, -0.05) is 41.1 Å². The first-order valence-corrected chi connectivity index (χ1v) is 7.84. The maximum absolute atomic E-state index is 12.4. The number of halogens is 1. The Morgan fingerprint density at radius 2 is 1.96 bits per heavy atom. The number of carbonyl (C=O) groups excluding carboxylic acids is 1. The monoisotopic (exact) mass is 357 g/mol. The van der Waals surface area contributed by atoms with Crippen LogP contribution in [-0.2, 0) is 6.54 Å². The molecular weight excluding hydrogens is 342 g/mol. The summed E-state index contributed by atoms with van der Waals surface area (Å²) in [4.78, 5) is 12.4. The van der Waals surface area contributed by atoms with Crippen molar-refractivity contribution in [1.82, 2.24) is 15.0 Å². The maximum Gasteiger partial charge on any atom is 0.280 e. The van der Waals surface area contributed by atoms with Crippen LogP contribution in [0.25, 0.3) is 0 Å². The summed E-state index contributed by atoms with van der Waals surface area (Å²) in [5.74, 6) is 0.273. The number of benzene rings is 2. The third kappa shape index (κ3) is 3.72. The van der Waals surface area contributed by atoms with Crippen molar-refractivity contribution in [2.75, 3.05) is 18.2 Å². The summed E-state index contributed by atoms with van der Waals surface area (Å²) in [6.45, 7) is 0.387. The maximum atomic E-state index is 12.4. The number of hydrogen-bond acceptors (Lipinski definition) is 5. The van der Waals surface area contributed by atoms with E-state index in [0.717, 1.165) is 5.56 Å². The Hall–Kier alpha value is -3.06. The molecule has 3 rings (SSSR count). The van der Waals surface area contributed by atoms with Gasteiger partial charge in [-0.25, -0.2) is 4.68 Å². The smallest absolute Gasteiger partial charge is 0.280 e. The molecule has 1 heterocycles. The number of para-hydroxylation sites is 2. The highest BCUT2D eigenvalue weighted by Crippen LogP contribution is 2.24. The number of methoxy groups -OCH3 is 1. The Morgan fingerprint density at radius 1 is 1.24 bits per heavy atom. The van der Waals surface area contributed by atoms with Gasteiger partial charge in [-0.05, 0) is 29.8 Å². The van der Waals surface area contributed by atoms with Crippen LogP contribution in [-0.4, -0.2) is 28.0 Å². The third-order valence-corrected chi connectivity index (χ3v) is 3.84. The SMILES string of the molecule is COc1ccccc1NC(=O)c1nnn(Cc2ccc(Cl)cc2)c1N. The van der Waals surface area contributed by atoms with Crippen LogP contribution in [0, 0.1) is 0 Å². The molecule has 7 nitrogen and oxygen atoms in total. The minimum absolute atomic E-state index is 0.0554. The highest BCUT2D eigenvalue weighted by molar-refractivity contribution is 6.30. The van der Waals surface area contributed by atoms with Crippen LogP contribution in [0.2, 0.25) is 5.02 Å². The zero-order valence-corrected chi connectivity index (χ0v) is 14.2. The fraction of sp³-hybridized carbons (Fsp3) is 0.118. The van der Waals surface area contributed by atoms with Gasteiger partial charge < -0.3 is 15.8 Å². The zero-order valence-electron chi connectivity index (χ0n) is 13.4. The number of anilines is 2. The van der Waals surface area contributed by atoms with E-state index in [1.807, 2.05) is 18.2 Å². The molecule has 0 bridgehead atoms. The first-order valence-electron chi connectivity index (χ1n) is 7.46. The van der Waals surface area contributed by atoms with Gasteiger partial charge in [0.15, 0.2) is 11.5 Å². The topological polar surface area (TPSA) is 95.1 Å². The van der Waals surface area contributed by atoms with Crippen LogP contribution < -0.4 is 15.8 Å². The fourth-order valence-electron chi connectivity index (χ4n) is 2.29. The van der Waals surface area contributed by atoms with Gasteiger partial charge in [0.05, 0.1) is 19.3 Å². The molecule has 0 saturated heterocycles. The second-order valence-corrected chi connectivity index (χ2v) is 5.70. The molecule has 3 aromatic rings. The molecule has 2 aromatic carbocycles. The summed E-state index contributed by atoms with van der Waals surface area (Å²) in [5, 5.41) is 11.2. The minimum Gasteiger partial charge on any atom is -0.495 e. The van der Waals surface area contributed by atoms with E-state index < -0.39 is 5.91 Å². The molecule has 128 valence electrons. The van der Waals surface area contributed by atoms with Crippen molar-refractivity contribution in [3.8, 4) is 5.75 Å². The molecule has 25 heavy (non-hydrogen) atoms. The van der Waals surface area contributed by atoms with Gasteiger partial charge in [-0.15, -0.1) is 5.10 Å². The molecule has 0 atom stereocenters. The lowest BCUT2D eigenvalue weighted by Crippen LogP contribution is -2.16. The predicted octanol–water partition coefficient (Wildman–Crippen LogP) is 2.82. The van der Waals surface area contributed by atoms with Gasteiger partial charge in [0, 0.05) is 5.02 Å². The van der Waals surface area contributed by atoms with E-state index in [1.54, 1.807) is 30.3 Å². The van der Waals surface area contributed by atoms with Gasteiger partial charge in [0.25, 0.3) is 5.91 Å². The number of nitrogens with two attached hydrogens (primary N) is 1. The van der Waals surface area contributed by atoms with E-state index in [1.165, 1.54) is 11.8 Å². The van der Waals surface area contributed by atoms with Gasteiger partial charge in [0.2, 0.25) is 0 Å². The van der Waals surface area contributed by atoms with Crippen LogP contribution in [0.3, 0.4) is 0 Å². The molecule has 0 aliphatic rings. The van der Waals surface area contributed by atoms with Crippen molar-refractivity contribution >= 4 is 29.0 Å². The lowest BCUT2D eigenvalue weighted by atomic mass is 10.2. The van der Waals surface area contributed by atoms with Crippen molar-refractivity contribution in [3.05, 3.63) is 64.8 Å². The lowest BCUT2D eigenvalue weighted by Gasteiger charge is -2.09.